The van der Waals surface area contributed by atoms with Gasteiger partial charge in [0.2, 0.25) is 0 Å². The average molecular weight is 405 g/mol. The summed E-state index contributed by atoms with van der Waals surface area (Å²) in [5.74, 6) is 0. The molecule has 6 heteroatoms. The molecule has 0 aliphatic rings. The van der Waals surface area contributed by atoms with Crippen molar-refractivity contribution in [2.24, 2.45) is 0 Å². The molecular weight excluding hydrogens is 390 g/mol. The number of hydrogen-bond donors (Lipinski definition) is 1. The molecule has 0 amide bonds. The zero-order valence-electron chi connectivity index (χ0n) is 12.7. The van der Waals surface area contributed by atoms with E-state index >= 15 is 0 Å². The van der Waals surface area contributed by atoms with Crippen molar-refractivity contribution in [1.82, 2.24) is 15.0 Å². The zero-order chi connectivity index (χ0) is 16.8. The van der Waals surface area contributed by atoms with E-state index in [1.54, 1.807) is 12.5 Å². The van der Waals surface area contributed by atoms with E-state index in [0.29, 0.717) is 11.6 Å². The Kier molecular flexibility index (Phi) is 5.69. The second kappa shape index (κ2) is 8.15. The van der Waals surface area contributed by atoms with Crippen LogP contribution in [0.5, 0.6) is 0 Å². The fourth-order valence-electron chi connectivity index (χ4n) is 2.06. The van der Waals surface area contributed by atoms with Gasteiger partial charge in [0, 0.05) is 33.7 Å². The van der Waals surface area contributed by atoms with Crippen LogP contribution in [-0.4, -0.2) is 9.55 Å². The summed E-state index contributed by atoms with van der Waals surface area (Å²) in [6, 6.07) is 15.5. The fourth-order valence-corrected chi connectivity index (χ4v) is 2.45. The fraction of sp³-hybridized carbons (Fsp3) is 0.0556. The first-order valence-corrected chi connectivity index (χ1v) is 8.45. The van der Waals surface area contributed by atoms with Gasteiger partial charge in [0.15, 0.2) is 0 Å². The minimum Gasteiger partial charge on any atom is -0.311 e. The molecule has 3 rings (SSSR count). The van der Waals surface area contributed by atoms with Gasteiger partial charge in [0.25, 0.3) is 0 Å². The molecule has 0 aliphatic carbocycles. The Morgan fingerprint density at radius 2 is 1.92 bits per heavy atom. The average Bonchev–Trinajstić information content (AvgIpc) is 3.10. The highest BCUT2D eigenvalue weighted by molar-refractivity contribution is 9.10. The molecule has 0 fully saturated rings. The normalized spacial score (nSPS) is 11.5. The number of aromatic nitrogens is 2. The molecule has 0 atom stereocenters. The highest BCUT2D eigenvalue weighted by Crippen LogP contribution is 2.17. The minimum absolute atomic E-state index is 0.447. The van der Waals surface area contributed by atoms with Crippen molar-refractivity contribution in [2.75, 3.05) is 0 Å². The van der Waals surface area contributed by atoms with Gasteiger partial charge in [-0.25, -0.2) is 4.98 Å². The summed E-state index contributed by atoms with van der Waals surface area (Å²) in [6.45, 7) is 0.447. The molecule has 0 aliphatic heterocycles. The molecule has 3 aromatic rings. The monoisotopic (exact) mass is 403 g/mol. The molecule has 1 aromatic heterocycles. The third-order valence-electron chi connectivity index (χ3n) is 3.29. The molecule has 122 valence electrons. The SMILES string of the molecule is Clc1ccc(C(=Cn2ccnc2)NOCc2ccc(Br)cc2)cc1. The Balaban J connectivity index is 1.72. The largest absolute Gasteiger partial charge is 0.311 e. The van der Waals surface area contributed by atoms with E-state index in [4.69, 9.17) is 16.4 Å². The summed E-state index contributed by atoms with van der Waals surface area (Å²) in [4.78, 5) is 9.70. The van der Waals surface area contributed by atoms with Crippen molar-refractivity contribution in [3.63, 3.8) is 0 Å². The van der Waals surface area contributed by atoms with Crippen molar-refractivity contribution in [2.45, 2.75) is 6.61 Å². The van der Waals surface area contributed by atoms with Crippen molar-refractivity contribution < 1.29 is 4.84 Å². The number of hydrogen-bond acceptors (Lipinski definition) is 3. The summed E-state index contributed by atoms with van der Waals surface area (Å²) < 4.78 is 2.89. The van der Waals surface area contributed by atoms with Gasteiger partial charge in [-0.1, -0.05) is 51.8 Å². The Morgan fingerprint density at radius 1 is 1.17 bits per heavy atom. The number of hydroxylamine groups is 1. The van der Waals surface area contributed by atoms with Gasteiger partial charge < -0.3 is 4.57 Å². The number of nitrogens with one attached hydrogen (secondary N) is 1. The van der Waals surface area contributed by atoms with Gasteiger partial charge in [-0.3, -0.25) is 10.3 Å². The topological polar surface area (TPSA) is 39.1 Å². The van der Waals surface area contributed by atoms with Crippen LogP contribution in [0.3, 0.4) is 0 Å². The van der Waals surface area contributed by atoms with Gasteiger partial charge in [-0.15, -0.1) is 0 Å². The zero-order valence-corrected chi connectivity index (χ0v) is 15.0. The van der Waals surface area contributed by atoms with Crippen LogP contribution in [0.25, 0.3) is 11.9 Å². The van der Waals surface area contributed by atoms with Crippen LogP contribution in [0.15, 0.2) is 71.7 Å². The molecule has 2 aromatic carbocycles. The number of benzene rings is 2. The molecule has 1 N–H and O–H groups in total. The molecule has 0 saturated heterocycles. The molecule has 0 bridgehead atoms. The van der Waals surface area contributed by atoms with Crippen LogP contribution in [0.2, 0.25) is 5.02 Å². The van der Waals surface area contributed by atoms with E-state index in [0.717, 1.165) is 21.3 Å². The molecule has 24 heavy (non-hydrogen) atoms. The first kappa shape index (κ1) is 16.8. The maximum Gasteiger partial charge on any atom is 0.0996 e. The van der Waals surface area contributed by atoms with E-state index in [1.165, 1.54) is 0 Å². The highest BCUT2D eigenvalue weighted by Gasteiger charge is 2.03. The van der Waals surface area contributed by atoms with Crippen LogP contribution >= 0.6 is 27.5 Å². The first-order chi connectivity index (χ1) is 11.7. The van der Waals surface area contributed by atoms with E-state index in [9.17, 15) is 0 Å². The molecular formula is C18H15BrClN3O. The lowest BCUT2D eigenvalue weighted by atomic mass is 10.2. The molecule has 4 nitrogen and oxygen atoms in total. The lowest BCUT2D eigenvalue weighted by Gasteiger charge is -2.12. The Bertz CT molecular complexity index is 799. The van der Waals surface area contributed by atoms with Crippen LogP contribution < -0.4 is 5.48 Å². The predicted octanol–water partition coefficient (Wildman–Crippen LogP) is 4.98. The van der Waals surface area contributed by atoms with Crippen LogP contribution in [0.4, 0.5) is 0 Å². The maximum absolute atomic E-state index is 5.97. The maximum atomic E-state index is 5.97. The van der Waals surface area contributed by atoms with Crippen molar-refractivity contribution in [3.05, 3.63) is 87.9 Å². The first-order valence-electron chi connectivity index (χ1n) is 7.28. The van der Waals surface area contributed by atoms with E-state index < -0.39 is 0 Å². The number of nitrogens with zero attached hydrogens (tertiary/aromatic N) is 2. The highest BCUT2D eigenvalue weighted by atomic mass is 79.9. The van der Waals surface area contributed by atoms with Gasteiger partial charge in [0.1, 0.15) is 0 Å². The molecule has 1 heterocycles. The van der Waals surface area contributed by atoms with Gasteiger partial charge in [-0.05, 0) is 29.8 Å². The van der Waals surface area contributed by atoms with Gasteiger partial charge in [-0.2, -0.15) is 0 Å². The number of imidazole rings is 1. The lowest BCUT2D eigenvalue weighted by Crippen LogP contribution is -2.13. The Labute approximate surface area is 153 Å². The third kappa shape index (κ3) is 4.71. The Hall–Kier alpha value is -2.08. The Morgan fingerprint density at radius 3 is 2.58 bits per heavy atom. The van der Waals surface area contributed by atoms with Gasteiger partial charge >= 0.3 is 0 Å². The molecule has 0 radical (unpaired) electrons. The van der Waals surface area contributed by atoms with Crippen molar-refractivity contribution >= 4 is 39.4 Å². The standard InChI is InChI=1S/C18H15BrClN3O/c19-16-5-1-14(2-6-16)12-24-22-18(11-23-10-9-21-13-23)15-3-7-17(20)8-4-15/h1-11,13,22H,12H2. The molecule has 0 spiro atoms. The quantitative estimate of drug-likeness (QED) is 0.589. The van der Waals surface area contributed by atoms with E-state index in [2.05, 4.69) is 26.4 Å². The predicted molar refractivity (Wildman–Crippen MR) is 99.9 cm³/mol. The molecule has 0 unspecified atom stereocenters. The second-order valence-corrected chi connectivity index (χ2v) is 6.43. The minimum atomic E-state index is 0.447. The van der Waals surface area contributed by atoms with Crippen molar-refractivity contribution in [1.29, 1.82) is 0 Å². The van der Waals surface area contributed by atoms with Crippen LogP contribution in [0.1, 0.15) is 11.1 Å². The van der Waals surface area contributed by atoms with Crippen LogP contribution in [-0.2, 0) is 11.4 Å². The number of rotatable bonds is 6. The number of halogens is 2. The smallest absolute Gasteiger partial charge is 0.0996 e. The lowest BCUT2D eigenvalue weighted by molar-refractivity contribution is 0.0649. The van der Waals surface area contributed by atoms with E-state index in [-0.39, 0.29) is 0 Å². The molecule has 0 saturated carbocycles. The summed E-state index contributed by atoms with van der Waals surface area (Å²) in [7, 11) is 0. The van der Waals surface area contributed by atoms with Gasteiger partial charge in [0.05, 0.1) is 18.6 Å². The summed E-state index contributed by atoms with van der Waals surface area (Å²) in [5.41, 5.74) is 5.86. The summed E-state index contributed by atoms with van der Waals surface area (Å²) >= 11 is 9.39. The van der Waals surface area contributed by atoms with Crippen LogP contribution in [0, 0.1) is 0 Å². The van der Waals surface area contributed by atoms with Crippen molar-refractivity contribution in [3.8, 4) is 0 Å². The van der Waals surface area contributed by atoms with E-state index in [1.807, 2.05) is 65.5 Å². The summed E-state index contributed by atoms with van der Waals surface area (Å²) in [5, 5.41) is 0.691. The third-order valence-corrected chi connectivity index (χ3v) is 4.07. The second-order valence-electron chi connectivity index (χ2n) is 5.08. The summed E-state index contributed by atoms with van der Waals surface area (Å²) in [6.07, 6.45) is 7.19.